The highest BCUT2D eigenvalue weighted by Gasteiger charge is 2.29. The zero-order chi connectivity index (χ0) is 17.7. The summed E-state index contributed by atoms with van der Waals surface area (Å²) in [5.74, 6) is 0.0733. The first-order valence-corrected chi connectivity index (χ1v) is 7.13. The van der Waals surface area contributed by atoms with E-state index in [0.29, 0.717) is 29.3 Å². The number of rotatable bonds is 6. The minimum Gasteiger partial charge on any atom is -0.492 e. The van der Waals surface area contributed by atoms with Crippen molar-refractivity contribution in [2.45, 2.75) is 19.6 Å². The smallest absolute Gasteiger partial charge is 0.408 e. The number of aromatic nitrogens is 2. The predicted octanol–water partition coefficient (Wildman–Crippen LogP) is 2.77. The minimum absolute atomic E-state index is 0. The number of anilines is 1. The van der Waals surface area contributed by atoms with Crippen molar-refractivity contribution in [2.24, 2.45) is 5.73 Å². The van der Waals surface area contributed by atoms with Gasteiger partial charge in [0.1, 0.15) is 18.9 Å². The van der Waals surface area contributed by atoms with Crippen molar-refractivity contribution in [3.05, 3.63) is 41.7 Å². The number of ether oxygens (including phenoxy) is 1. The fraction of sp³-hybridized carbons (Fsp3) is 0.333. The zero-order valence-electron chi connectivity index (χ0n) is 13.3. The van der Waals surface area contributed by atoms with Gasteiger partial charge in [0.15, 0.2) is 0 Å². The van der Waals surface area contributed by atoms with Gasteiger partial charge >= 0.3 is 6.18 Å². The van der Waals surface area contributed by atoms with Gasteiger partial charge < -0.3 is 15.8 Å². The fourth-order valence-corrected chi connectivity index (χ4v) is 2.02. The molecule has 6 nitrogen and oxygen atoms in total. The van der Waals surface area contributed by atoms with E-state index in [1.165, 1.54) is 6.92 Å². The quantitative estimate of drug-likeness (QED) is 0.809. The first kappa shape index (κ1) is 20.8. The second-order valence-electron chi connectivity index (χ2n) is 5.06. The molecule has 0 saturated carbocycles. The van der Waals surface area contributed by atoms with Gasteiger partial charge in [-0.25, -0.2) is 0 Å². The third kappa shape index (κ3) is 6.28. The van der Waals surface area contributed by atoms with Crippen LogP contribution in [0.3, 0.4) is 0 Å². The fourth-order valence-electron chi connectivity index (χ4n) is 2.02. The third-order valence-corrected chi connectivity index (χ3v) is 3.03. The molecule has 0 aliphatic rings. The number of aryl methyl sites for hydroxylation is 1. The molecule has 10 heteroatoms. The van der Waals surface area contributed by atoms with Crippen LogP contribution in [0, 0.1) is 6.92 Å². The maximum absolute atomic E-state index is 12.4. The van der Waals surface area contributed by atoms with E-state index in [0.717, 1.165) is 6.20 Å². The van der Waals surface area contributed by atoms with Gasteiger partial charge in [-0.3, -0.25) is 9.48 Å². The summed E-state index contributed by atoms with van der Waals surface area (Å²) in [5, 5.41) is 6.32. The predicted molar refractivity (Wildman–Crippen MR) is 89.2 cm³/mol. The molecular weight excluding hydrogens is 361 g/mol. The Kier molecular flexibility index (Phi) is 7.25. The van der Waals surface area contributed by atoms with Crippen molar-refractivity contribution >= 4 is 24.0 Å². The topological polar surface area (TPSA) is 82.2 Å². The molecule has 0 aliphatic heterocycles. The van der Waals surface area contributed by atoms with Gasteiger partial charge in [0.2, 0.25) is 0 Å². The molecule has 1 heterocycles. The van der Waals surface area contributed by atoms with E-state index in [1.54, 1.807) is 24.3 Å². The SMILES string of the molecule is Cc1nn(CC(F)(F)F)cc1C(=O)Nc1ccc(OCCN)cc1.Cl. The van der Waals surface area contributed by atoms with Crippen LogP contribution in [0.15, 0.2) is 30.5 Å². The molecule has 0 fully saturated rings. The van der Waals surface area contributed by atoms with E-state index < -0.39 is 18.6 Å². The molecule has 2 rings (SSSR count). The normalized spacial score (nSPS) is 10.9. The minimum atomic E-state index is -4.40. The molecule has 0 bridgehead atoms. The van der Waals surface area contributed by atoms with Crippen LogP contribution in [0.1, 0.15) is 16.1 Å². The van der Waals surface area contributed by atoms with Gasteiger partial charge in [-0.15, -0.1) is 12.4 Å². The third-order valence-electron chi connectivity index (χ3n) is 3.03. The number of nitrogens with two attached hydrogens (primary N) is 1. The highest BCUT2D eigenvalue weighted by molar-refractivity contribution is 6.04. The maximum atomic E-state index is 12.4. The Hall–Kier alpha value is -2.26. The van der Waals surface area contributed by atoms with Crippen molar-refractivity contribution in [1.29, 1.82) is 0 Å². The van der Waals surface area contributed by atoms with Crippen LogP contribution in [0.4, 0.5) is 18.9 Å². The highest BCUT2D eigenvalue weighted by atomic mass is 35.5. The van der Waals surface area contributed by atoms with Crippen molar-refractivity contribution in [3.63, 3.8) is 0 Å². The van der Waals surface area contributed by atoms with Crippen molar-refractivity contribution in [2.75, 3.05) is 18.5 Å². The molecule has 0 unspecified atom stereocenters. The highest BCUT2D eigenvalue weighted by Crippen LogP contribution is 2.20. The Morgan fingerprint density at radius 2 is 1.96 bits per heavy atom. The number of carbonyl (C=O) groups is 1. The molecule has 0 saturated heterocycles. The standard InChI is InChI=1S/C15H17F3N4O2.ClH/c1-10-13(8-22(21-10)9-15(16,17)18)14(23)20-11-2-4-12(5-3-11)24-7-6-19;/h2-5,8H,6-7,9,19H2,1H3,(H,20,23);1H. The van der Waals surface area contributed by atoms with Gasteiger partial charge in [0, 0.05) is 18.4 Å². The number of halogens is 4. The van der Waals surface area contributed by atoms with E-state index in [2.05, 4.69) is 10.4 Å². The Bertz CT molecular complexity index is 702. The summed E-state index contributed by atoms with van der Waals surface area (Å²) in [4.78, 5) is 12.2. The summed E-state index contributed by atoms with van der Waals surface area (Å²) >= 11 is 0. The lowest BCUT2D eigenvalue weighted by molar-refractivity contribution is -0.142. The zero-order valence-corrected chi connectivity index (χ0v) is 14.2. The van der Waals surface area contributed by atoms with E-state index in [9.17, 15) is 18.0 Å². The average Bonchev–Trinajstić information content (AvgIpc) is 2.85. The van der Waals surface area contributed by atoms with E-state index in [1.807, 2.05) is 0 Å². The van der Waals surface area contributed by atoms with Crippen LogP contribution < -0.4 is 15.8 Å². The van der Waals surface area contributed by atoms with Crippen LogP contribution in [0.5, 0.6) is 5.75 Å². The summed E-state index contributed by atoms with van der Waals surface area (Å²) in [6, 6.07) is 6.56. The number of benzene rings is 1. The van der Waals surface area contributed by atoms with Crippen LogP contribution in [-0.4, -0.2) is 35.0 Å². The molecule has 0 spiro atoms. The van der Waals surface area contributed by atoms with E-state index >= 15 is 0 Å². The summed E-state index contributed by atoms with van der Waals surface area (Å²) in [7, 11) is 0. The Labute approximate surface area is 148 Å². The molecule has 1 amide bonds. The Morgan fingerprint density at radius 1 is 1.32 bits per heavy atom. The summed E-state index contributed by atoms with van der Waals surface area (Å²) in [5.41, 5.74) is 6.13. The molecule has 138 valence electrons. The lowest BCUT2D eigenvalue weighted by Crippen LogP contribution is -2.18. The number of hydrogen-bond donors (Lipinski definition) is 2. The first-order valence-electron chi connectivity index (χ1n) is 7.13. The second-order valence-corrected chi connectivity index (χ2v) is 5.06. The maximum Gasteiger partial charge on any atom is 0.408 e. The van der Waals surface area contributed by atoms with Gasteiger partial charge in [0.25, 0.3) is 5.91 Å². The van der Waals surface area contributed by atoms with Gasteiger partial charge in [-0.2, -0.15) is 18.3 Å². The number of amides is 1. The number of hydrogen-bond acceptors (Lipinski definition) is 4. The molecule has 0 aliphatic carbocycles. The van der Waals surface area contributed by atoms with Crippen molar-refractivity contribution in [1.82, 2.24) is 9.78 Å². The van der Waals surface area contributed by atoms with Crippen molar-refractivity contribution in [3.8, 4) is 5.75 Å². The van der Waals surface area contributed by atoms with Crippen LogP contribution >= 0.6 is 12.4 Å². The first-order chi connectivity index (χ1) is 11.3. The number of nitrogens with one attached hydrogen (secondary N) is 1. The molecule has 2 aromatic rings. The number of nitrogens with zero attached hydrogens (tertiary/aromatic N) is 2. The van der Waals surface area contributed by atoms with Crippen LogP contribution in [0.2, 0.25) is 0 Å². The lowest BCUT2D eigenvalue weighted by Gasteiger charge is -2.07. The molecular formula is C15H18ClF3N4O2. The number of carbonyl (C=O) groups excluding carboxylic acids is 1. The average molecular weight is 379 g/mol. The Morgan fingerprint density at radius 3 is 2.52 bits per heavy atom. The summed E-state index contributed by atoms with van der Waals surface area (Å²) in [6.07, 6.45) is -3.32. The molecule has 1 aromatic carbocycles. The molecule has 25 heavy (non-hydrogen) atoms. The lowest BCUT2D eigenvalue weighted by atomic mass is 10.2. The van der Waals surface area contributed by atoms with Crippen molar-refractivity contribution < 1.29 is 22.7 Å². The van der Waals surface area contributed by atoms with Gasteiger partial charge in [-0.05, 0) is 31.2 Å². The summed E-state index contributed by atoms with van der Waals surface area (Å²) < 4.78 is 43.1. The van der Waals surface area contributed by atoms with Crippen LogP contribution in [-0.2, 0) is 6.54 Å². The largest absolute Gasteiger partial charge is 0.492 e. The van der Waals surface area contributed by atoms with Gasteiger partial charge in [0.05, 0.1) is 11.3 Å². The molecule has 0 radical (unpaired) electrons. The van der Waals surface area contributed by atoms with Gasteiger partial charge in [-0.1, -0.05) is 0 Å². The second kappa shape index (κ2) is 8.72. The van der Waals surface area contributed by atoms with Crippen LogP contribution in [0.25, 0.3) is 0 Å². The molecule has 0 atom stereocenters. The monoisotopic (exact) mass is 378 g/mol. The Balaban J connectivity index is 0.00000312. The molecule has 1 aromatic heterocycles. The summed E-state index contributed by atoms with van der Waals surface area (Å²) in [6.45, 7) is 1.00. The van der Waals surface area contributed by atoms with E-state index in [4.69, 9.17) is 10.5 Å². The molecule has 3 N–H and O–H groups in total. The van der Waals surface area contributed by atoms with E-state index in [-0.39, 0.29) is 23.7 Å². The number of alkyl halides is 3.